The molecule has 1 atom stereocenters. The maximum atomic E-state index is 12.7. The van der Waals surface area contributed by atoms with Crippen molar-refractivity contribution in [2.75, 3.05) is 26.7 Å². The molecule has 0 radical (unpaired) electrons. The second-order valence-corrected chi connectivity index (χ2v) is 8.27. The SMILES string of the molecule is CN=C(NCCc1c(C)nn(C)c1C)NC1CCN(C(=O)C2CCCCC2)C1.I. The Labute approximate surface area is 192 Å². The van der Waals surface area contributed by atoms with Crippen LogP contribution in [-0.4, -0.2) is 59.3 Å². The molecule has 1 amide bonds. The van der Waals surface area contributed by atoms with E-state index in [0.29, 0.717) is 5.91 Å². The number of nitrogens with zero attached hydrogens (tertiary/aromatic N) is 4. The lowest BCUT2D eigenvalue weighted by Gasteiger charge is -2.26. The van der Waals surface area contributed by atoms with Gasteiger partial charge in [0.25, 0.3) is 0 Å². The number of guanidine groups is 1. The molecule has 3 rings (SSSR count). The second-order valence-electron chi connectivity index (χ2n) is 8.27. The van der Waals surface area contributed by atoms with Gasteiger partial charge in [0.2, 0.25) is 5.91 Å². The topological polar surface area (TPSA) is 74.6 Å². The minimum absolute atomic E-state index is 0. The van der Waals surface area contributed by atoms with Crippen molar-refractivity contribution in [1.29, 1.82) is 0 Å². The monoisotopic (exact) mass is 516 g/mol. The van der Waals surface area contributed by atoms with Crippen LogP contribution < -0.4 is 10.6 Å². The smallest absolute Gasteiger partial charge is 0.225 e. The summed E-state index contributed by atoms with van der Waals surface area (Å²) in [5, 5.41) is 11.4. The van der Waals surface area contributed by atoms with Crippen LogP contribution in [0.1, 0.15) is 55.5 Å². The predicted molar refractivity (Wildman–Crippen MR) is 128 cm³/mol. The molecule has 7 nitrogen and oxygen atoms in total. The van der Waals surface area contributed by atoms with Gasteiger partial charge in [-0.05, 0) is 45.1 Å². The molecule has 1 aliphatic carbocycles. The van der Waals surface area contributed by atoms with Gasteiger partial charge in [-0.25, -0.2) is 0 Å². The zero-order chi connectivity index (χ0) is 20.1. The first-order valence-electron chi connectivity index (χ1n) is 10.7. The Balaban J connectivity index is 0.00000300. The number of carbonyl (C=O) groups is 1. The summed E-state index contributed by atoms with van der Waals surface area (Å²) in [7, 11) is 3.79. The Morgan fingerprint density at radius 2 is 1.93 bits per heavy atom. The summed E-state index contributed by atoms with van der Waals surface area (Å²) in [6, 6.07) is 0.278. The van der Waals surface area contributed by atoms with E-state index < -0.39 is 0 Å². The Kier molecular flexibility index (Phi) is 9.23. The number of amides is 1. The summed E-state index contributed by atoms with van der Waals surface area (Å²) < 4.78 is 1.94. The highest BCUT2D eigenvalue weighted by Gasteiger charge is 2.31. The van der Waals surface area contributed by atoms with Crippen molar-refractivity contribution in [2.24, 2.45) is 18.0 Å². The van der Waals surface area contributed by atoms with Crippen molar-refractivity contribution in [3.63, 3.8) is 0 Å². The third-order valence-electron chi connectivity index (χ3n) is 6.35. The van der Waals surface area contributed by atoms with Gasteiger partial charge in [0, 0.05) is 51.4 Å². The fourth-order valence-corrected chi connectivity index (χ4v) is 4.56. The number of aromatic nitrogens is 2. The summed E-state index contributed by atoms with van der Waals surface area (Å²) in [5.41, 5.74) is 3.61. The summed E-state index contributed by atoms with van der Waals surface area (Å²) in [6.07, 6.45) is 7.75. The highest BCUT2D eigenvalue weighted by molar-refractivity contribution is 14.0. The molecule has 1 aromatic rings. The molecule has 0 aromatic carbocycles. The van der Waals surface area contributed by atoms with Gasteiger partial charge in [-0.2, -0.15) is 5.10 Å². The lowest BCUT2D eigenvalue weighted by atomic mass is 9.88. The molecule has 1 aromatic heterocycles. The molecular weight excluding hydrogens is 479 g/mol. The van der Waals surface area contributed by atoms with Crippen LogP contribution in [0.3, 0.4) is 0 Å². The molecule has 1 saturated carbocycles. The number of rotatable bonds is 5. The lowest BCUT2D eigenvalue weighted by molar-refractivity contribution is -0.135. The number of likely N-dealkylation sites (tertiary alicyclic amines) is 1. The normalized spacial score (nSPS) is 20.5. The van der Waals surface area contributed by atoms with Crippen LogP contribution in [0.25, 0.3) is 0 Å². The minimum atomic E-state index is 0. The molecule has 29 heavy (non-hydrogen) atoms. The molecule has 164 valence electrons. The van der Waals surface area contributed by atoms with E-state index >= 15 is 0 Å². The first-order chi connectivity index (χ1) is 13.5. The van der Waals surface area contributed by atoms with Gasteiger partial charge in [-0.1, -0.05) is 19.3 Å². The molecule has 2 heterocycles. The van der Waals surface area contributed by atoms with E-state index in [-0.39, 0.29) is 35.9 Å². The molecule has 0 spiro atoms. The van der Waals surface area contributed by atoms with Crippen molar-refractivity contribution in [2.45, 2.75) is 64.8 Å². The zero-order valence-electron chi connectivity index (χ0n) is 18.3. The van der Waals surface area contributed by atoms with Crippen LogP contribution in [0.4, 0.5) is 0 Å². The number of carbonyl (C=O) groups excluding carboxylic acids is 1. The van der Waals surface area contributed by atoms with Crippen LogP contribution in [0.2, 0.25) is 0 Å². The van der Waals surface area contributed by atoms with E-state index in [0.717, 1.165) is 57.0 Å². The lowest BCUT2D eigenvalue weighted by Crippen LogP contribution is -2.46. The van der Waals surface area contributed by atoms with Gasteiger partial charge in [0.05, 0.1) is 5.69 Å². The summed E-state index contributed by atoms with van der Waals surface area (Å²) >= 11 is 0. The van der Waals surface area contributed by atoms with E-state index in [2.05, 4.69) is 39.5 Å². The van der Waals surface area contributed by atoms with Crippen LogP contribution in [0, 0.1) is 19.8 Å². The average Bonchev–Trinajstić information content (AvgIpc) is 3.26. The van der Waals surface area contributed by atoms with E-state index in [9.17, 15) is 4.79 Å². The molecule has 0 bridgehead atoms. The predicted octanol–water partition coefficient (Wildman–Crippen LogP) is 2.54. The van der Waals surface area contributed by atoms with Gasteiger partial charge < -0.3 is 15.5 Å². The quantitative estimate of drug-likeness (QED) is 0.359. The van der Waals surface area contributed by atoms with E-state index in [1.807, 2.05) is 11.7 Å². The van der Waals surface area contributed by atoms with Crippen molar-refractivity contribution < 1.29 is 4.79 Å². The van der Waals surface area contributed by atoms with Crippen LogP contribution in [-0.2, 0) is 18.3 Å². The number of aryl methyl sites for hydroxylation is 2. The molecule has 8 heteroatoms. The number of hydrogen-bond acceptors (Lipinski definition) is 3. The fourth-order valence-electron chi connectivity index (χ4n) is 4.56. The fraction of sp³-hybridized carbons (Fsp3) is 0.762. The maximum absolute atomic E-state index is 12.7. The third-order valence-corrected chi connectivity index (χ3v) is 6.35. The van der Waals surface area contributed by atoms with E-state index in [4.69, 9.17) is 0 Å². The number of halogens is 1. The number of hydrogen-bond donors (Lipinski definition) is 2. The van der Waals surface area contributed by atoms with Gasteiger partial charge in [0.15, 0.2) is 5.96 Å². The van der Waals surface area contributed by atoms with E-state index in [1.54, 1.807) is 7.05 Å². The summed E-state index contributed by atoms with van der Waals surface area (Å²) in [5.74, 6) is 1.45. The van der Waals surface area contributed by atoms with Crippen molar-refractivity contribution in [1.82, 2.24) is 25.3 Å². The summed E-state index contributed by atoms with van der Waals surface area (Å²) in [4.78, 5) is 19.2. The molecule has 2 fully saturated rings. The Bertz CT molecular complexity index is 710. The Morgan fingerprint density at radius 3 is 2.55 bits per heavy atom. The van der Waals surface area contributed by atoms with Crippen LogP contribution in [0.15, 0.2) is 4.99 Å². The van der Waals surface area contributed by atoms with Crippen molar-refractivity contribution in [3.8, 4) is 0 Å². The summed E-state index contributed by atoms with van der Waals surface area (Å²) in [6.45, 7) is 6.63. The Morgan fingerprint density at radius 1 is 1.21 bits per heavy atom. The second kappa shape index (κ2) is 11.2. The first-order valence-corrected chi connectivity index (χ1v) is 10.7. The van der Waals surface area contributed by atoms with Crippen molar-refractivity contribution >= 4 is 35.8 Å². The van der Waals surface area contributed by atoms with Gasteiger partial charge in [-0.15, -0.1) is 24.0 Å². The number of aliphatic imine (C=N–C) groups is 1. The van der Waals surface area contributed by atoms with Crippen LogP contribution >= 0.6 is 24.0 Å². The van der Waals surface area contributed by atoms with Gasteiger partial charge in [0.1, 0.15) is 0 Å². The highest BCUT2D eigenvalue weighted by atomic mass is 127. The standard InChI is InChI=1S/C21H36N6O.HI/c1-15-19(16(2)26(4)25-15)10-12-23-21(22-3)24-18-11-13-27(14-18)20(28)17-8-6-5-7-9-17;/h17-18H,5-14H2,1-4H3,(H2,22,23,24);1H. The maximum Gasteiger partial charge on any atom is 0.225 e. The third kappa shape index (κ3) is 6.08. The minimum Gasteiger partial charge on any atom is -0.356 e. The molecule has 1 saturated heterocycles. The first kappa shape index (κ1) is 24.0. The molecule has 2 N–H and O–H groups in total. The van der Waals surface area contributed by atoms with E-state index in [1.165, 1.54) is 30.5 Å². The van der Waals surface area contributed by atoms with Gasteiger partial charge in [-0.3, -0.25) is 14.5 Å². The number of nitrogens with one attached hydrogen (secondary N) is 2. The molecule has 1 unspecified atom stereocenters. The average molecular weight is 516 g/mol. The van der Waals surface area contributed by atoms with Gasteiger partial charge >= 0.3 is 0 Å². The largest absolute Gasteiger partial charge is 0.356 e. The van der Waals surface area contributed by atoms with Crippen LogP contribution in [0.5, 0.6) is 0 Å². The Hall–Kier alpha value is -1.32. The molecule has 2 aliphatic rings. The highest BCUT2D eigenvalue weighted by Crippen LogP contribution is 2.26. The zero-order valence-corrected chi connectivity index (χ0v) is 20.7. The molecular formula is C21H37IN6O. The van der Waals surface area contributed by atoms with Crippen molar-refractivity contribution in [3.05, 3.63) is 17.0 Å². The molecule has 1 aliphatic heterocycles.